The molecular formula is C14H20N2O3. The molecule has 19 heavy (non-hydrogen) atoms. The predicted molar refractivity (Wildman–Crippen MR) is 74.7 cm³/mol. The molecule has 104 valence electrons. The van der Waals surface area contributed by atoms with Gasteiger partial charge in [0, 0.05) is 18.8 Å². The highest BCUT2D eigenvalue weighted by Gasteiger charge is 2.15. The highest BCUT2D eigenvalue weighted by atomic mass is 16.4. The Kier molecular flexibility index (Phi) is 4.92. The SMILES string of the molecule is CCC(C)N(C)C(=O)Nc1ccc(C)c(C(=O)O)c1. The van der Waals surface area contributed by atoms with Crippen LogP contribution in [0.4, 0.5) is 10.5 Å². The van der Waals surface area contributed by atoms with E-state index in [0.29, 0.717) is 11.3 Å². The molecule has 2 amide bonds. The van der Waals surface area contributed by atoms with Crippen LogP contribution in [0.5, 0.6) is 0 Å². The molecule has 2 N–H and O–H groups in total. The number of urea groups is 1. The molecule has 0 saturated heterocycles. The van der Waals surface area contributed by atoms with Gasteiger partial charge in [0.05, 0.1) is 5.56 Å². The fourth-order valence-corrected chi connectivity index (χ4v) is 1.62. The summed E-state index contributed by atoms with van der Waals surface area (Å²) in [4.78, 5) is 24.6. The lowest BCUT2D eigenvalue weighted by atomic mass is 10.1. The van der Waals surface area contributed by atoms with Gasteiger partial charge in [0.1, 0.15) is 0 Å². The Bertz CT molecular complexity index is 486. The third-order valence-electron chi connectivity index (χ3n) is 3.29. The van der Waals surface area contributed by atoms with Gasteiger partial charge in [0.25, 0.3) is 0 Å². The second-order valence-electron chi connectivity index (χ2n) is 4.63. The van der Waals surface area contributed by atoms with Crippen molar-refractivity contribution in [2.45, 2.75) is 33.2 Å². The molecule has 0 heterocycles. The van der Waals surface area contributed by atoms with Crippen LogP contribution in [0.25, 0.3) is 0 Å². The summed E-state index contributed by atoms with van der Waals surface area (Å²) in [7, 11) is 1.72. The number of aromatic carboxylic acids is 1. The zero-order valence-electron chi connectivity index (χ0n) is 11.7. The first-order valence-electron chi connectivity index (χ1n) is 6.24. The van der Waals surface area contributed by atoms with Crippen molar-refractivity contribution in [2.75, 3.05) is 12.4 Å². The third kappa shape index (κ3) is 3.71. The number of hydrogen-bond acceptors (Lipinski definition) is 2. The summed E-state index contributed by atoms with van der Waals surface area (Å²) in [6, 6.07) is 4.74. The number of carboxylic acid groups (broad SMARTS) is 1. The van der Waals surface area contributed by atoms with Crippen LogP contribution in [0.2, 0.25) is 0 Å². The quantitative estimate of drug-likeness (QED) is 0.878. The van der Waals surface area contributed by atoms with Crippen LogP contribution in [-0.4, -0.2) is 35.1 Å². The molecule has 0 bridgehead atoms. The Morgan fingerprint density at radius 2 is 2.05 bits per heavy atom. The molecule has 0 spiro atoms. The minimum absolute atomic E-state index is 0.129. The zero-order chi connectivity index (χ0) is 14.6. The van der Waals surface area contributed by atoms with E-state index in [9.17, 15) is 9.59 Å². The Morgan fingerprint density at radius 1 is 1.42 bits per heavy atom. The lowest BCUT2D eigenvalue weighted by Gasteiger charge is -2.24. The van der Waals surface area contributed by atoms with Crippen LogP contribution in [-0.2, 0) is 0 Å². The minimum Gasteiger partial charge on any atom is -0.478 e. The average Bonchev–Trinajstić information content (AvgIpc) is 2.38. The zero-order valence-corrected chi connectivity index (χ0v) is 11.7. The van der Waals surface area contributed by atoms with Gasteiger partial charge < -0.3 is 15.3 Å². The summed E-state index contributed by atoms with van der Waals surface area (Å²) in [6.07, 6.45) is 0.859. The minimum atomic E-state index is -0.996. The molecule has 1 rings (SSSR count). The molecule has 5 heteroatoms. The summed E-state index contributed by atoms with van der Waals surface area (Å²) >= 11 is 0. The van der Waals surface area contributed by atoms with E-state index in [0.717, 1.165) is 6.42 Å². The van der Waals surface area contributed by atoms with E-state index in [1.54, 1.807) is 31.0 Å². The van der Waals surface area contributed by atoms with Crippen LogP contribution in [0.1, 0.15) is 36.2 Å². The molecule has 1 aromatic carbocycles. The Morgan fingerprint density at radius 3 is 2.58 bits per heavy atom. The normalized spacial score (nSPS) is 11.8. The summed E-state index contributed by atoms with van der Waals surface area (Å²) in [5, 5.41) is 11.7. The highest BCUT2D eigenvalue weighted by Crippen LogP contribution is 2.16. The molecule has 1 atom stereocenters. The molecule has 1 aromatic rings. The second kappa shape index (κ2) is 6.22. The van der Waals surface area contributed by atoms with E-state index in [-0.39, 0.29) is 17.6 Å². The van der Waals surface area contributed by atoms with Crippen molar-refractivity contribution in [1.82, 2.24) is 4.90 Å². The predicted octanol–water partition coefficient (Wildman–Crippen LogP) is 2.96. The van der Waals surface area contributed by atoms with Crippen molar-refractivity contribution in [2.24, 2.45) is 0 Å². The van der Waals surface area contributed by atoms with Gasteiger partial charge in [-0.15, -0.1) is 0 Å². The smallest absolute Gasteiger partial charge is 0.336 e. The molecule has 0 saturated carbocycles. The number of carboxylic acids is 1. The number of nitrogens with one attached hydrogen (secondary N) is 1. The van der Waals surface area contributed by atoms with Gasteiger partial charge in [-0.25, -0.2) is 9.59 Å². The first-order valence-corrected chi connectivity index (χ1v) is 6.24. The van der Waals surface area contributed by atoms with Crippen molar-refractivity contribution in [1.29, 1.82) is 0 Å². The number of hydrogen-bond donors (Lipinski definition) is 2. The lowest BCUT2D eigenvalue weighted by molar-refractivity contribution is 0.0696. The van der Waals surface area contributed by atoms with Crippen molar-refractivity contribution in [3.05, 3.63) is 29.3 Å². The third-order valence-corrected chi connectivity index (χ3v) is 3.29. The van der Waals surface area contributed by atoms with Crippen LogP contribution >= 0.6 is 0 Å². The number of nitrogens with zero attached hydrogens (tertiary/aromatic N) is 1. The topological polar surface area (TPSA) is 69.6 Å². The van der Waals surface area contributed by atoms with Gasteiger partial charge in [-0.05, 0) is 38.0 Å². The van der Waals surface area contributed by atoms with Crippen molar-refractivity contribution < 1.29 is 14.7 Å². The van der Waals surface area contributed by atoms with Crippen LogP contribution in [0.15, 0.2) is 18.2 Å². The molecule has 0 aliphatic carbocycles. The number of aryl methyl sites for hydroxylation is 1. The van der Waals surface area contributed by atoms with Gasteiger partial charge in [0.2, 0.25) is 0 Å². The number of carbonyl (C=O) groups excluding carboxylic acids is 1. The lowest BCUT2D eigenvalue weighted by Crippen LogP contribution is -2.37. The number of rotatable bonds is 4. The molecule has 0 radical (unpaired) electrons. The van der Waals surface area contributed by atoms with Gasteiger partial charge >= 0.3 is 12.0 Å². The number of carbonyl (C=O) groups is 2. The maximum atomic E-state index is 11.9. The van der Waals surface area contributed by atoms with Gasteiger partial charge in [0.15, 0.2) is 0 Å². The van der Waals surface area contributed by atoms with E-state index < -0.39 is 5.97 Å². The molecular weight excluding hydrogens is 244 g/mol. The van der Waals surface area contributed by atoms with Gasteiger partial charge in [-0.2, -0.15) is 0 Å². The summed E-state index contributed by atoms with van der Waals surface area (Å²) < 4.78 is 0. The number of anilines is 1. The van der Waals surface area contributed by atoms with E-state index >= 15 is 0 Å². The van der Waals surface area contributed by atoms with Crippen molar-refractivity contribution in [3.8, 4) is 0 Å². The first-order chi connectivity index (χ1) is 8.86. The summed E-state index contributed by atoms with van der Waals surface area (Å²) in [6.45, 7) is 5.68. The van der Waals surface area contributed by atoms with E-state index in [2.05, 4.69) is 5.32 Å². The Balaban J connectivity index is 2.86. The molecule has 0 aliphatic rings. The standard InChI is InChI=1S/C14H20N2O3/c1-5-10(3)16(4)14(19)15-11-7-6-9(2)12(8-11)13(17)18/h6-8,10H,5H2,1-4H3,(H,15,19)(H,17,18). The largest absolute Gasteiger partial charge is 0.478 e. The van der Waals surface area contributed by atoms with Crippen molar-refractivity contribution in [3.63, 3.8) is 0 Å². The molecule has 0 fully saturated rings. The first kappa shape index (κ1) is 15.0. The highest BCUT2D eigenvalue weighted by molar-refractivity contribution is 5.94. The van der Waals surface area contributed by atoms with Crippen LogP contribution < -0.4 is 5.32 Å². The van der Waals surface area contributed by atoms with E-state index in [1.807, 2.05) is 13.8 Å². The van der Waals surface area contributed by atoms with Gasteiger partial charge in [-0.1, -0.05) is 13.0 Å². The average molecular weight is 264 g/mol. The summed E-state index contributed by atoms with van der Waals surface area (Å²) in [5.41, 5.74) is 1.35. The maximum Gasteiger partial charge on any atom is 0.336 e. The molecule has 0 aromatic heterocycles. The van der Waals surface area contributed by atoms with Crippen molar-refractivity contribution >= 4 is 17.7 Å². The van der Waals surface area contributed by atoms with Crippen LogP contribution in [0.3, 0.4) is 0 Å². The second-order valence-corrected chi connectivity index (χ2v) is 4.63. The van der Waals surface area contributed by atoms with Crippen LogP contribution in [0, 0.1) is 6.92 Å². The molecule has 0 aliphatic heterocycles. The monoisotopic (exact) mass is 264 g/mol. The van der Waals surface area contributed by atoms with E-state index in [4.69, 9.17) is 5.11 Å². The Hall–Kier alpha value is -2.04. The Labute approximate surface area is 113 Å². The fraction of sp³-hybridized carbons (Fsp3) is 0.429. The molecule has 5 nitrogen and oxygen atoms in total. The maximum absolute atomic E-state index is 11.9. The summed E-state index contributed by atoms with van der Waals surface area (Å²) in [5.74, 6) is -0.996. The van der Waals surface area contributed by atoms with Gasteiger partial charge in [-0.3, -0.25) is 0 Å². The number of benzene rings is 1. The number of amides is 2. The molecule has 1 unspecified atom stereocenters. The fourth-order valence-electron chi connectivity index (χ4n) is 1.62. The van der Waals surface area contributed by atoms with E-state index in [1.165, 1.54) is 6.07 Å².